The van der Waals surface area contributed by atoms with Crippen LogP contribution in [-0.4, -0.2) is 38.0 Å². The molecule has 2 amide bonds. The Labute approximate surface area is 159 Å². The molecule has 0 aliphatic heterocycles. The lowest BCUT2D eigenvalue weighted by atomic mass is 9.95. The van der Waals surface area contributed by atoms with Crippen molar-refractivity contribution >= 4 is 35.9 Å². The molecule has 1 aromatic rings. The topological polar surface area (TPSA) is 111 Å². The highest BCUT2D eigenvalue weighted by molar-refractivity contribution is 5.93. The van der Waals surface area contributed by atoms with Crippen LogP contribution in [0, 0.1) is 11.8 Å². The second-order valence-corrected chi connectivity index (χ2v) is 6.25. The molecule has 1 fully saturated rings. The van der Waals surface area contributed by atoms with Crippen molar-refractivity contribution < 1.29 is 19.1 Å². The molecule has 26 heavy (non-hydrogen) atoms. The Morgan fingerprint density at radius 2 is 1.88 bits per heavy atom. The third kappa shape index (κ3) is 6.31. The maximum atomic E-state index is 12.3. The van der Waals surface area contributed by atoms with Gasteiger partial charge in [0.2, 0.25) is 11.8 Å². The molecule has 2 atom stereocenters. The van der Waals surface area contributed by atoms with Crippen LogP contribution >= 0.6 is 12.4 Å². The number of hydrogen-bond donors (Lipinski definition) is 3. The minimum Gasteiger partial charge on any atom is -0.468 e. The van der Waals surface area contributed by atoms with E-state index in [4.69, 9.17) is 5.73 Å². The van der Waals surface area contributed by atoms with Crippen LogP contribution < -0.4 is 16.4 Å². The number of benzene rings is 1. The lowest BCUT2D eigenvalue weighted by Gasteiger charge is -2.17. The first-order valence-electron chi connectivity index (χ1n) is 8.47. The van der Waals surface area contributed by atoms with Crippen LogP contribution in [0.15, 0.2) is 24.3 Å². The fraction of sp³-hybridized carbons (Fsp3) is 0.500. The van der Waals surface area contributed by atoms with Gasteiger partial charge in [0, 0.05) is 11.6 Å². The molecule has 0 bridgehead atoms. The molecule has 0 spiro atoms. The Bertz CT molecular complexity index is 621. The predicted molar refractivity (Wildman–Crippen MR) is 101 cm³/mol. The summed E-state index contributed by atoms with van der Waals surface area (Å²) in [4.78, 5) is 35.1. The van der Waals surface area contributed by atoms with Gasteiger partial charge in [-0.05, 0) is 43.0 Å². The molecular formula is C18H26ClN3O4. The number of amides is 2. The van der Waals surface area contributed by atoms with E-state index in [0.717, 1.165) is 24.8 Å². The van der Waals surface area contributed by atoms with Crippen LogP contribution in [0.1, 0.15) is 24.8 Å². The van der Waals surface area contributed by atoms with E-state index in [9.17, 15) is 14.4 Å². The molecule has 1 aromatic carbocycles. The summed E-state index contributed by atoms with van der Waals surface area (Å²) in [7, 11) is 1.27. The van der Waals surface area contributed by atoms with Crippen molar-refractivity contribution in [3.8, 4) is 0 Å². The number of rotatable bonds is 7. The number of nitrogens with one attached hydrogen (secondary N) is 2. The van der Waals surface area contributed by atoms with Crippen LogP contribution in [-0.2, 0) is 25.5 Å². The second kappa shape index (κ2) is 10.8. The monoisotopic (exact) mass is 383 g/mol. The lowest BCUT2D eigenvalue weighted by molar-refractivity contribution is -0.141. The summed E-state index contributed by atoms with van der Waals surface area (Å²) in [6.45, 7) is 0.394. The summed E-state index contributed by atoms with van der Waals surface area (Å²) in [6, 6.07) is 7.10. The summed E-state index contributed by atoms with van der Waals surface area (Å²) in [5, 5.41) is 5.40. The van der Waals surface area contributed by atoms with E-state index in [2.05, 4.69) is 15.4 Å². The van der Waals surface area contributed by atoms with E-state index in [1.54, 1.807) is 24.3 Å². The van der Waals surface area contributed by atoms with Crippen LogP contribution in [0.4, 0.5) is 5.69 Å². The fourth-order valence-corrected chi connectivity index (χ4v) is 3.10. The van der Waals surface area contributed by atoms with Crippen LogP contribution in [0.5, 0.6) is 0 Å². The maximum Gasteiger partial charge on any atom is 0.325 e. The molecule has 0 unspecified atom stereocenters. The lowest BCUT2D eigenvalue weighted by Crippen LogP contribution is -2.31. The van der Waals surface area contributed by atoms with Crippen molar-refractivity contribution in [2.45, 2.75) is 25.7 Å². The summed E-state index contributed by atoms with van der Waals surface area (Å²) >= 11 is 0. The van der Waals surface area contributed by atoms with E-state index >= 15 is 0 Å². The van der Waals surface area contributed by atoms with Crippen LogP contribution in [0.2, 0.25) is 0 Å². The highest BCUT2D eigenvalue weighted by Crippen LogP contribution is 2.31. The molecule has 0 radical (unpaired) electrons. The van der Waals surface area contributed by atoms with Gasteiger partial charge in [0.1, 0.15) is 6.54 Å². The number of hydrogen-bond acceptors (Lipinski definition) is 5. The van der Waals surface area contributed by atoms with E-state index in [0.29, 0.717) is 12.2 Å². The minimum atomic E-state index is -0.492. The number of ether oxygens (including phenoxy) is 1. The van der Waals surface area contributed by atoms with E-state index in [1.807, 2.05) is 0 Å². The Balaban J connectivity index is 0.00000338. The van der Waals surface area contributed by atoms with Gasteiger partial charge in [-0.2, -0.15) is 0 Å². The summed E-state index contributed by atoms with van der Waals surface area (Å²) in [5.74, 6) is -0.504. The fourth-order valence-electron chi connectivity index (χ4n) is 3.10. The van der Waals surface area contributed by atoms with Gasteiger partial charge in [-0.3, -0.25) is 14.4 Å². The Kier molecular flexibility index (Phi) is 9.09. The molecule has 1 aliphatic rings. The second-order valence-electron chi connectivity index (χ2n) is 6.25. The highest BCUT2D eigenvalue weighted by Gasteiger charge is 2.31. The predicted octanol–water partition coefficient (Wildman–Crippen LogP) is 1.25. The molecule has 0 heterocycles. The highest BCUT2D eigenvalue weighted by atomic mass is 35.5. The van der Waals surface area contributed by atoms with Crippen molar-refractivity contribution in [1.29, 1.82) is 0 Å². The third-order valence-corrected chi connectivity index (χ3v) is 4.54. The summed E-state index contributed by atoms with van der Waals surface area (Å²) in [6.07, 6.45) is 3.09. The van der Waals surface area contributed by atoms with Gasteiger partial charge in [0.25, 0.3) is 0 Å². The van der Waals surface area contributed by atoms with Gasteiger partial charge in [-0.15, -0.1) is 12.4 Å². The quantitative estimate of drug-likeness (QED) is 0.614. The summed E-state index contributed by atoms with van der Waals surface area (Å²) in [5.41, 5.74) is 7.22. The van der Waals surface area contributed by atoms with E-state index < -0.39 is 5.97 Å². The zero-order valence-corrected chi connectivity index (χ0v) is 15.6. The molecule has 1 saturated carbocycles. The van der Waals surface area contributed by atoms with Crippen molar-refractivity contribution in [3.05, 3.63) is 29.8 Å². The molecule has 0 saturated heterocycles. The van der Waals surface area contributed by atoms with Crippen LogP contribution in [0.3, 0.4) is 0 Å². The van der Waals surface area contributed by atoms with E-state index in [1.165, 1.54) is 7.11 Å². The molecule has 7 nitrogen and oxygen atoms in total. The number of nitrogens with two attached hydrogens (primary N) is 1. The van der Waals surface area contributed by atoms with Crippen molar-refractivity contribution in [1.82, 2.24) is 5.32 Å². The smallest absolute Gasteiger partial charge is 0.325 e. The number of halogens is 1. The maximum absolute atomic E-state index is 12.3. The van der Waals surface area contributed by atoms with Crippen molar-refractivity contribution in [2.24, 2.45) is 17.6 Å². The zero-order chi connectivity index (χ0) is 18.2. The number of carbonyl (C=O) groups excluding carboxylic acids is 3. The molecule has 8 heteroatoms. The number of carbonyl (C=O) groups is 3. The first kappa shape index (κ1) is 21.9. The molecule has 4 N–H and O–H groups in total. The minimum absolute atomic E-state index is 0. The van der Waals surface area contributed by atoms with Gasteiger partial charge in [0.15, 0.2) is 0 Å². The van der Waals surface area contributed by atoms with Gasteiger partial charge in [-0.25, -0.2) is 0 Å². The van der Waals surface area contributed by atoms with E-state index in [-0.39, 0.29) is 49.0 Å². The normalized spacial score (nSPS) is 18.5. The zero-order valence-electron chi connectivity index (χ0n) is 14.8. The van der Waals surface area contributed by atoms with Gasteiger partial charge < -0.3 is 21.1 Å². The average molecular weight is 384 g/mol. The van der Waals surface area contributed by atoms with Crippen molar-refractivity contribution in [3.63, 3.8) is 0 Å². The largest absolute Gasteiger partial charge is 0.468 e. The molecule has 2 rings (SSSR count). The average Bonchev–Trinajstić information content (AvgIpc) is 3.10. The molecule has 0 aromatic heterocycles. The first-order chi connectivity index (χ1) is 12.0. The van der Waals surface area contributed by atoms with Crippen molar-refractivity contribution in [2.75, 3.05) is 25.5 Å². The van der Waals surface area contributed by atoms with Gasteiger partial charge in [-0.1, -0.05) is 18.6 Å². The summed E-state index contributed by atoms with van der Waals surface area (Å²) < 4.78 is 4.46. The number of anilines is 1. The number of esters is 1. The SMILES string of the molecule is COC(=O)CNC(=O)Cc1ccc(NC(=O)[C@@H]2CCC[C@@H]2CN)cc1.Cl. The standard InChI is InChI=1S/C18H25N3O4.ClH/c1-25-17(23)11-20-16(22)9-12-5-7-14(8-6-12)21-18(24)15-4-2-3-13(15)10-19;/h5-8,13,15H,2-4,9-11,19H2,1H3,(H,20,22)(H,21,24);1H/t13-,15-;/m1./s1. The van der Waals surface area contributed by atoms with Gasteiger partial charge in [0.05, 0.1) is 13.5 Å². The Morgan fingerprint density at radius 3 is 2.50 bits per heavy atom. The Hall–Kier alpha value is -2.12. The first-order valence-corrected chi connectivity index (χ1v) is 8.47. The third-order valence-electron chi connectivity index (χ3n) is 4.54. The molecule has 144 valence electrons. The van der Waals surface area contributed by atoms with Gasteiger partial charge >= 0.3 is 5.97 Å². The molecule has 1 aliphatic carbocycles. The number of methoxy groups -OCH3 is 1. The Morgan fingerprint density at radius 1 is 1.19 bits per heavy atom. The molecular weight excluding hydrogens is 358 g/mol. The van der Waals surface area contributed by atoms with Crippen LogP contribution in [0.25, 0.3) is 0 Å².